The minimum atomic E-state index is 0.641. The number of aryl methyl sites for hydroxylation is 1. The van der Waals surface area contributed by atoms with E-state index in [9.17, 15) is 0 Å². The lowest BCUT2D eigenvalue weighted by molar-refractivity contribution is 0.417. The molecule has 2 N–H and O–H groups in total. The van der Waals surface area contributed by atoms with E-state index in [2.05, 4.69) is 51.4 Å². The maximum atomic E-state index is 6.01. The number of nitrogens with one attached hydrogen (secondary N) is 2. The molecule has 0 aliphatic heterocycles. The first-order valence-corrected chi connectivity index (χ1v) is 10.7. The van der Waals surface area contributed by atoms with Crippen LogP contribution in [0.5, 0.6) is 0 Å². The van der Waals surface area contributed by atoms with Crippen molar-refractivity contribution in [1.29, 1.82) is 0 Å². The summed E-state index contributed by atoms with van der Waals surface area (Å²) in [6.45, 7) is 3.54. The van der Waals surface area contributed by atoms with Gasteiger partial charge in [-0.15, -0.1) is 0 Å². The van der Waals surface area contributed by atoms with Crippen molar-refractivity contribution >= 4 is 45.5 Å². The molecule has 0 spiro atoms. The zero-order valence-electron chi connectivity index (χ0n) is 16.7. The summed E-state index contributed by atoms with van der Waals surface area (Å²) in [4.78, 5) is 10.1. The largest absolute Gasteiger partial charge is 0.358 e. The first kappa shape index (κ1) is 20.4. The molecule has 0 bridgehead atoms. The number of aromatic amines is 1. The molecule has 30 heavy (non-hydrogen) atoms. The van der Waals surface area contributed by atoms with Crippen molar-refractivity contribution in [2.24, 2.45) is 0 Å². The number of thiocarbonyl (C=S) groups is 1. The number of hydrogen-bond acceptors (Lipinski definition) is 2. The minimum absolute atomic E-state index is 0.641. The maximum Gasteiger partial charge on any atom is 0.173 e. The van der Waals surface area contributed by atoms with Crippen molar-refractivity contribution in [2.75, 3.05) is 11.9 Å². The first-order chi connectivity index (χ1) is 14.6. The average Bonchev–Trinajstić information content (AvgIpc) is 3.08. The van der Waals surface area contributed by atoms with Gasteiger partial charge in [0.1, 0.15) is 0 Å². The van der Waals surface area contributed by atoms with Crippen molar-refractivity contribution in [1.82, 2.24) is 14.9 Å². The summed E-state index contributed by atoms with van der Waals surface area (Å²) in [7, 11) is 0. The van der Waals surface area contributed by atoms with Crippen LogP contribution in [-0.2, 0) is 13.0 Å². The Morgan fingerprint density at radius 3 is 2.60 bits per heavy atom. The van der Waals surface area contributed by atoms with Crippen molar-refractivity contribution in [3.8, 4) is 0 Å². The first-order valence-electron chi connectivity index (χ1n) is 9.88. The van der Waals surface area contributed by atoms with E-state index in [0.717, 1.165) is 24.3 Å². The lowest BCUT2D eigenvalue weighted by atomic mass is 10.1. The van der Waals surface area contributed by atoms with E-state index in [1.807, 2.05) is 48.7 Å². The van der Waals surface area contributed by atoms with Crippen LogP contribution in [0.15, 0.2) is 72.9 Å². The van der Waals surface area contributed by atoms with Crippen molar-refractivity contribution in [2.45, 2.75) is 19.9 Å². The smallest absolute Gasteiger partial charge is 0.173 e. The molecule has 2 aromatic carbocycles. The maximum absolute atomic E-state index is 6.01. The van der Waals surface area contributed by atoms with Crippen LogP contribution in [-0.4, -0.2) is 26.5 Å². The number of anilines is 1. The highest BCUT2D eigenvalue weighted by Gasteiger charge is 2.15. The number of benzene rings is 2. The Morgan fingerprint density at radius 1 is 1.07 bits per heavy atom. The Kier molecular flexibility index (Phi) is 6.31. The quantitative estimate of drug-likeness (QED) is 0.367. The fourth-order valence-corrected chi connectivity index (χ4v) is 3.98. The highest BCUT2D eigenvalue weighted by Crippen LogP contribution is 2.23. The van der Waals surface area contributed by atoms with Crippen molar-refractivity contribution in [3.05, 3.63) is 94.9 Å². The van der Waals surface area contributed by atoms with E-state index in [0.29, 0.717) is 16.7 Å². The van der Waals surface area contributed by atoms with Crippen LogP contribution in [0.3, 0.4) is 0 Å². The Hall–Kier alpha value is -2.89. The topological polar surface area (TPSA) is 44.0 Å². The van der Waals surface area contributed by atoms with Gasteiger partial charge in [-0.2, -0.15) is 0 Å². The standard InChI is InChI=1S/C24H23ClN4S/c1-17-21(22-7-2-3-8-23(22)27-17)13-15-29(16-20-6-4-5-14-26-20)24(30)28-19-11-9-18(25)10-12-19/h2-12,14,27H,13,15-16H2,1H3,(H,28,30). The highest BCUT2D eigenvalue weighted by atomic mass is 35.5. The van der Waals surface area contributed by atoms with Crippen molar-refractivity contribution in [3.63, 3.8) is 0 Å². The lowest BCUT2D eigenvalue weighted by Gasteiger charge is -2.26. The monoisotopic (exact) mass is 434 g/mol. The number of hydrogen-bond donors (Lipinski definition) is 2. The second-order valence-corrected chi connectivity index (χ2v) is 8.03. The Balaban J connectivity index is 1.54. The molecule has 4 rings (SSSR count). The van der Waals surface area contributed by atoms with Gasteiger partial charge in [0, 0.05) is 40.0 Å². The third kappa shape index (κ3) is 4.81. The van der Waals surface area contributed by atoms with Gasteiger partial charge in [-0.3, -0.25) is 4.98 Å². The van der Waals surface area contributed by atoms with Crippen LogP contribution in [0.4, 0.5) is 5.69 Å². The summed E-state index contributed by atoms with van der Waals surface area (Å²) in [6, 6.07) is 21.9. The zero-order valence-corrected chi connectivity index (χ0v) is 18.3. The van der Waals surface area contributed by atoms with Crippen LogP contribution < -0.4 is 5.32 Å². The average molecular weight is 435 g/mol. The molecular formula is C24H23ClN4S. The summed E-state index contributed by atoms with van der Waals surface area (Å²) >= 11 is 11.8. The molecule has 0 saturated heterocycles. The third-order valence-corrected chi connectivity index (χ3v) is 5.73. The van der Waals surface area contributed by atoms with Crippen LogP contribution in [0.1, 0.15) is 17.0 Å². The highest BCUT2D eigenvalue weighted by molar-refractivity contribution is 7.80. The minimum Gasteiger partial charge on any atom is -0.358 e. The van der Waals surface area contributed by atoms with E-state index in [-0.39, 0.29) is 0 Å². The molecule has 0 aliphatic rings. The molecule has 0 fully saturated rings. The normalized spacial score (nSPS) is 10.9. The van der Waals surface area contributed by atoms with Crippen LogP contribution in [0, 0.1) is 6.92 Å². The van der Waals surface area contributed by atoms with Gasteiger partial charge >= 0.3 is 0 Å². The van der Waals surface area contributed by atoms with Gasteiger partial charge in [0.2, 0.25) is 0 Å². The van der Waals surface area contributed by atoms with Gasteiger partial charge in [-0.1, -0.05) is 35.9 Å². The van der Waals surface area contributed by atoms with Gasteiger partial charge in [-0.05, 0) is 73.6 Å². The van der Waals surface area contributed by atoms with Gasteiger partial charge in [0.05, 0.1) is 12.2 Å². The van der Waals surface area contributed by atoms with E-state index in [1.165, 1.54) is 22.2 Å². The number of fused-ring (bicyclic) bond motifs is 1. The van der Waals surface area contributed by atoms with Crippen LogP contribution in [0.2, 0.25) is 5.02 Å². The fourth-order valence-electron chi connectivity index (χ4n) is 3.58. The van der Waals surface area contributed by atoms with E-state index in [1.54, 1.807) is 0 Å². The van der Waals surface area contributed by atoms with E-state index >= 15 is 0 Å². The number of halogens is 1. The Morgan fingerprint density at radius 2 is 1.83 bits per heavy atom. The second-order valence-electron chi connectivity index (χ2n) is 7.20. The Labute approximate surface area is 186 Å². The van der Waals surface area contributed by atoms with Gasteiger partial charge in [0.15, 0.2) is 5.11 Å². The SMILES string of the molecule is Cc1[nH]c2ccccc2c1CCN(Cc1ccccn1)C(=S)Nc1ccc(Cl)cc1. The van der Waals surface area contributed by atoms with Crippen LogP contribution >= 0.6 is 23.8 Å². The number of rotatable bonds is 6. The lowest BCUT2D eigenvalue weighted by Crippen LogP contribution is -2.36. The molecule has 0 atom stereocenters. The second kappa shape index (κ2) is 9.28. The van der Waals surface area contributed by atoms with Gasteiger partial charge in [0.25, 0.3) is 0 Å². The Bertz CT molecular complexity index is 1140. The molecule has 0 aliphatic carbocycles. The summed E-state index contributed by atoms with van der Waals surface area (Å²) in [5, 5.41) is 5.97. The molecule has 2 heterocycles. The third-order valence-electron chi connectivity index (χ3n) is 5.12. The molecule has 6 heteroatoms. The van der Waals surface area contributed by atoms with Gasteiger partial charge in [-0.25, -0.2) is 0 Å². The van der Waals surface area contributed by atoms with E-state index in [4.69, 9.17) is 23.8 Å². The predicted octanol–water partition coefficient (Wildman–Crippen LogP) is 5.97. The predicted molar refractivity (Wildman–Crippen MR) is 129 cm³/mol. The molecule has 152 valence electrons. The van der Waals surface area contributed by atoms with Gasteiger partial charge < -0.3 is 15.2 Å². The number of pyridine rings is 1. The zero-order chi connectivity index (χ0) is 20.9. The molecule has 0 saturated carbocycles. The molecule has 4 nitrogen and oxygen atoms in total. The summed E-state index contributed by atoms with van der Waals surface area (Å²) in [6.07, 6.45) is 2.69. The van der Waals surface area contributed by atoms with Crippen LogP contribution in [0.25, 0.3) is 10.9 Å². The summed E-state index contributed by atoms with van der Waals surface area (Å²) < 4.78 is 0. The summed E-state index contributed by atoms with van der Waals surface area (Å²) in [5.41, 5.74) is 5.59. The number of aromatic nitrogens is 2. The van der Waals surface area contributed by atoms with E-state index < -0.39 is 0 Å². The number of para-hydroxylation sites is 1. The summed E-state index contributed by atoms with van der Waals surface area (Å²) in [5.74, 6) is 0. The molecule has 4 aromatic rings. The number of nitrogens with zero attached hydrogens (tertiary/aromatic N) is 2. The fraction of sp³-hybridized carbons (Fsp3) is 0.167. The number of H-pyrrole nitrogens is 1. The van der Waals surface area contributed by atoms with Crippen molar-refractivity contribution < 1.29 is 0 Å². The molecular weight excluding hydrogens is 412 g/mol. The molecule has 0 radical (unpaired) electrons. The molecule has 0 unspecified atom stereocenters. The molecule has 0 amide bonds. The molecule has 2 aromatic heterocycles.